The zero-order valence-electron chi connectivity index (χ0n) is 18.0. The molecule has 0 bridgehead atoms. The van der Waals surface area contributed by atoms with E-state index in [1.54, 1.807) is 4.90 Å². The van der Waals surface area contributed by atoms with Gasteiger partial charge in [-0.3, -0.25) is 9.59 Å². The van der Waals surface area contributed by atoms with Crippen molar-refractivity contribution in [2.45, 2.75) is 58.0 Å². The summed E-state index contributed by atoms with van der Waals surface area (Å²) in [5.41, 5.74) is 3.36. The molecule has 7 heteroatoms. The lowest BCUT2D eigenvalue weighted by Crippen LogP contribution is -2.38. The van der Waals surface area contributed by atoms with E-state index < -0.39 is 6.41 Å². The lowest BCUT2D eigenvalue weighted by molar-refractivity contribution is -0.158. The van der Waals surface area contributed by atoms with Crippen LogP contribution in [0.2, 0.25) is 0 Å². The molecule has 0 saturated carbocycles. The highest BCUT2D eigenvalue weighted by Crippen LogP contribution is 2.27. The molecule has 7 nitrogen and oxygen atoms in total. The van der Waals surface area contributed by atoms with E-state index in [9.17, 15) is 19.8 Å². The van der Waals surface area contributed by atoms with Crippen LogP contribution in [0, 0.1) is 12.8 Å². The van der Waals surface area contributed by atoms with Crippen molar-refractivity contribution in [1.29, 1.82) is 0 Å². The van der Waals surface area contributed by atoms with Crippen LogP contribution in [0.3, 0.4) is 0 Å². The van der Waals surface area contributed by atoms with Crippen molar-refractivity contribution in [3.8, 4) is 12.8 Å². The summed E-state index contributed by atoms with van der Waals surface area (Å²) in [7, 11) is 0. The molecule has 0 spiro atoms. The summed E-state index contributed by atoms with van der Waals surface area (Å²) >= 11 is 0. The monoisotopic (exact) mass is 427 g/mol. The van der Waals surface area contributed by atoms with Gasteiger partial charge in [0.25, 0.3) is 0 Å². The maximum atomic E-state index is 11.9. The van der Waals surface area contributed by atoms with Crippen molar-refractivity contribution in [2.75, 3.05) is 19.6 Å². The van der Waals surface area contributed by atoms with Gasteiger partial charge in [-0.2, -0.15) is 0 Å². The van der Waals surface area contributed by atoms with Crippen molar-refractivity contribution in [3.05, 3.63) is 41.0 Å². The van der Waals surface area contributed by atoms with Gasteiger partial charge in [0.15, 0.2) is 0 Å². The highest BCUT2D eigenvalue weighted by Gasteiger charge is 2.24. The Balaban J connectivity index is 0.00000166. The number of nitrogens with zero attached hydrogens (tertiary/aromatic N) is 2. The number of nitrogens with one attached hydrogen (secondary N) is 1. The zero-order valence-corrected chi connectivity index (χ0v) is 18.0. The number of hydrogen-bond donors (Lipinski definition) is 3. The molecule has 31 heavy (non-hydrogen) atoms. The molecule has 0 unspecified atom stereocenters. The lowest BCUT2D eigenvalue weighted by Gasteiger charge is -2.16. The van der Waals surface area contributed by atoms with E-state index in [0.29, 0.717) is 19.5 Å². The van der Waals surface area contributed by atoms with E-state index in [1.165, 1.54) is 0 Å². The molecule has 0 aliphatic carbocycles. The van der Waals surface area contributed by atoms with Crippen LogP contribution in [0.1, 0.15) is 55.2 Å². The molecular weight excluding hydrogens is 394 g/mol. The Labute approximate surface area is 184 Å². The van der Waals surface area contributed by atoms with Gasteiger partial charge < -0.3 is 20.4 Å². The van der Waals surface area contributed by atoms with E-state index >= 15 is 0 Å². The quantitative estimate of drug-likeness (QED) is 0.318. The number of allylic oxidation sites excluding steroid dienone is 1. The number of aliphatic hydroxyl groups is 2. The standard InChI is InChI=1S/C22H31N3O4.C2H2/c26-20(23-14-21(27)24-12-5-6-13-24)11-4-2-1-3-8-17-9-7-10-18-15-25(22(28)29)16-19(17)18;1-2/h3,7-10,22,28-29H,1-2,4-6,11-16H2,(H,23,26);1-2H/b8-3+;. The Morgan fingerprint density at radius 3 is 2.58 bits per heavy atom. The van der Waals surface area contributed by atoms with Gasteiger partial charge in [0.05, 0.1) is 6.54 Å². The number of terminal acetylenes is 1. The summed E-state index contributed by atoms with van der Waals surface area (Å²) < 4.78 is 0. The Morgan fingerprint density at radius 2 is 1.87 bits per heavy atom. The van der Waals surface area contributed by atoms with Crippen LogP contribution in [0.5, 0.6) is 0 Å². The van der Waals surface area contributed by atoms with E-state index in [4.69, 9.17) is 0 Å². The highest BCUT2D eigenvalue weighted by atomic mass is 16.5. The van der Waals surface area contributed by atoms with Crippen LogP contribution in [0.4, 0.5) is 0 Å². The molecule has 168 valence electrons. The summed E-state index contributed by atoms with van der Waals surface area (Å²) in [6, 6.07) is 6.04. The van der Waals surface area contributed by atoms with Gasteiger partial charge in [-0.05, 0) is 48.8 Å². The van der Waals surface area contributed by atoms with Crippen molar-refractivity contribution in [3.63, 3.8) is 0 Å². The van der Waals surface area contributed by atoms with Gasteiger partial charge >= 0.3 is 0 Å². The maximum absolute atomic E-state index is 11.9. The fraction of sp³-hybridized carbons (Fsp3) is 0.500. The first-order chi connectivity index (χ1) is 15.0. The molecule has 2 aliphatic rings. The van der Waals surface area contributed by atoms with Crippen LogP contribution in [-0.2, 0) is 22.7 Å². The topological polar surface area (TPSA) is 93.1 Å². The number of fused-ring (bicyclic) bond motifs is 1. The number of hydrogen-bond acceptors (Lipinski definition) is 5. The minimum Gasteiger partial charge on any atom is -0.356 e. The molecule has 3 rings (SSSR count). The van der Waals surface area contributed by atoms with Crippen LogP contribution in [0.25, 0.3) is 6.08 Å². The molecule has 1 aromatic rings. The minimum absolute atomic E-state index is 0.0152. The lowest BCUT2D eigenvalue weighted by atomic mass is 10.0. The van der Waals surface area contributed by atoms with E-state index in [0.717, 1.165) is 61.9 Å². The maximum Gasteiger partial charge on any atom is 0.241 e. The van der Waals surface area contributed by atoms with Gasteiger partial charge in [-0.1, -0.05) is 30.4 Å². The zero-order chi connectivity index (χ0) is 22.6. The molecule has 1 aromatic carbocycles. The van der Waals surface area contributed by atoms with E-state index in [2.05, 4.69) is 30.3 Å². The average Bonchev–Trinajstić information content (AvgIpc) is 3.46. The Bertz CT molecular complexity index is 782. The van der Waals surface area contributed by atoms with Crippen LogP contribution in [-0.4, -0.2) is 57.9 Å². The van der Waals surface area contributed by atoms with Gasteiger partial charge in [0.1, 0.15) is 0 Å². The van der Waals surface area contributed by atoms with E-state index in [-0.39, 0.29) is 18.4 Å². The first-order valence-electron chi connectivity index (χ1n) is 10.8. The number of carbonyl (C=O) groups excluding carboxylic acids is 2. The highest BCUT2D eigenvalue weighted by molar-refractivity contribution is 5.84. The molecule has 0 aromatic heterocycles. The largest absolute Gasteiger partial charge is 0.356 e. The van der Waals surface area contributed by atoms with Crippen molar-refractivity contribution >= 4 is 17.9 Å². The second-order valence-corrected chi connectivity index (χ2v) is 7.75. The third-order valence-corrected chi connectivity index (χ3v) is 5.59. The molecule has 1 saturated heterocycles. The smallest absolute Gasteiger partial charge is 0.241 e. The van der Waals surface area contributed by atoms with Crippen LogP contribution >= 0.6 is 0 Å². The first-order valence-corrected chi connectivity index (χ1v) is 10.8. The Kier molecular flexibility index (Phi) is 10.2. The number of benzene rings is 1. The number of unbranched alkanes of at least 4 members (excludes halogenated alkanes) is 2. The predicted molar refractivity (Wildman–Crippen MR) is 120 cm³/mol. The number of likely N-dealkylation sites (tertiary alicyclic amines) is 1. The number of carbonyl (C=O) groups is 2. The number of amides is 2. The molecule has 2 amide bonds. The third kappa shape index (κ3) is 7.51. The molecule has 0 atom stereocenters. The summed E-state index contributed by atoms with van der Waals surface area (Å²) in [5.74, 6) is -0.0495. The molecule has 1 fully saturated rings. The molecule has 2 aliphatic heterocycles. The summed E-state index contributed by atoms with van der Waals surface area (Å²) in [6.45, 7) is 2.81. The van der Waals surface area contributed by atoms with Gasteiger partial charge in [-0.15, -0.1) is 12.8 Å². The normalized spacial score (nSPS) is 15.7. The molecular formula is C24H33N3O4. The molecule has 0 radical (unpaired) electrons. The summed E-state index contributed by atoms with van der Waals surface area (Å²) in [4.78, 5) is 27.2. The number of rotatable bonds is 9. The Morgan fingerprint density at radius 1 is 1.13 bits per heavy atom. The summed E-state index contributed by atoms with van der Waals surface area (Å²) in [5, 5.41) is 21.5. The molecule has 3 N–H and O–H groups in total. The fourth-order valence-electron chi connectivity index (χ4n) is 3.89. The van der Waals surface area contributed by atoms with Crippen molar-refractivity contribution in [1.82, 2.24) is 15.1 Å². The van der Waals surface area contributed by atoms with Crippen LogP contribution in [0.15, 0.2) is 24.3 Å². The van der Waals surface area contributed by atoms with Crippen LogP contribution < -0.4 is 5.32 Å². The fourth-order valence-corrected chi connectivity index (χ4v) is 3.89. The second-order valence-electron chi connectivity index (χ2n) is 7.75. The second kappa shape index (κ2) is 12.9. The van der Waals surface area contributed by atoms with Gasteiger partial charge in [0, 0.05) is 32.6 Å². The molecule has 2 heterocycles. The summed E-state index contributed by atoms with van der Waals surface area (Å²) in [6.07, 6.45) is 15.8. The van der Waals surface area contributed by atoms with Crippen molar-refractivity contribution < 1.29 is 19.8 Å². The van der Waals surface area contributed by atoms with Crippen molar-refractivity contribution in [2.24, 2.45) is 0 Å². The third-order valence-electron chi connectivity index (χ3n) is 5.59. The predicted octanol–water partition coefficient (Wildman–Crippen LogP) is 1.83. The number of aliphatic hydroxyl groups excluding tert-OH is 1. The first kappa shape index (κ1) is 24.6. The van der Waals surface area contributed by atoms with E-state index in [1.807, 2.05) is 23.1 Å². The minimum atomic E-state index is -1.43. The Hall–Kier alpha value is -2.66. The SMILES string of the molecule is C#C.O=C(CCCC/C=C/c1cccc2c1CN(C(O)O)C2)NCC(=O)N1CCCC1. The van der Waals surface area contributed by atoms with Gasteiger partial charge in [-0.25, -0.2) is 4.90 Å². The van der Waals surface area contributed by atoms with Gasteiger partial charge in [0.2, 0.25) is 18.2 Å². The average molecular weight is 428 g/mol.